The van der Waals surface area contributed by atoms with Gasteiger partial charge in [0.15, 0.2) is 0 Å². The number of hydrogen-bond donors (Lipinski definition) is 2. The standard InChI is InChI=1S/C8H13N3O2/c12-5-7-4-11(10-9-7)8(6-13)2-1-3-8/h4,12-13H,1-3,5-6H2. The Morgan fingerprint density at radius 2 is 2.23 bits per heavy atom. The highest BCUT2D eigenvalue weighted by molar-refractivity contribution is 4.99. The van der Waals surface area contributed by atoms with Crippen molar-refractivity contribution in [3.05, 3.63) is 11.9 Å². The lowest BCUT2D eigenvalue weighted by molar-refractivity contribution is 0.0421. The smallest absolute Gasteiger partial charge is 0.108 e. The second-order valence-electron chi connectivity index (χ2n) is 3.55. The largest absolute Gasteiger partial charge is 0.394 e. The Morgan fingerprint density at radius 3 is 2.62 bits per heavy atom. The average molecular weight is 183 g/mol. The maximum Gasteiger partial charge on any atom is 0.108 e. The van der Waals surface area contributed by atoms with Crippen LogP contribution in [0.2, 0.25) is 0 Å². The van der Waals surface area contributed by atoms with E-state index in [9.17, 15) is 5.11 Å². The second kappa shape index (κ2) is 3.08. The van der Waals surface area contributed by atoms with E-state index >= 15 is 0 Å². The maximum absolute atomic E-state index is 9.22. The van der Waals surface area contributed by atoms with Crippen molar-refractivity contribution in [3.63, 3.8) is 0 Å². The van der Waals surface area contributed by atoms with Crippen LogP contribution in [-0.4, -0.2) is 31.8 Å². The molecule has 0 bridgehead atoms. The van der Waals surface area contributed by atoms with Gasteiger partial charge in [0, 0.05) is 0 Å². The first-order valence-electron chi connectivity index (χ1n) is 4.44. The van der Waals surface area contributed by atoms with Gasteiger partial charge >= 0.3 is 0 Å². The van der Waals surface area contributed by atoms with E-state index in [1.807, 2.05) is 0 Å². The predicted molar refractivity (Wildman–Crippen MR) is 44.9 cm³/mol. The summed E-state index contributed by atoms with van der Waals surface area (Å²) in [5.74, 6) is 0. The van der Waals surface area contributed by atoms with Gasteiger partial charge in [0.2, 0.25) is 0 Å². The molecule has 1 aliphatic rings. The average Bonchev–Trinajstić information content (AvgIpc) is 2.52. The van der Waals surface area contributed by atoms with Gasteiger partial charge in [-0.3, -0.25) is 0 Å². The van der Waals surface area contributed by atoms with Gasteiger partial charge in [-0.1, -0.05) is 5.21 Å². The fourth-order valence-corrected chi connectivity index (χ4v) is 1.65. The van der Waals surface area contributed by atoms with Crippen LogP contribution in [0.4, 0.5) is 0 Å². The van der Waals surface area contributed by atoms with E-state index in [0.29, 0.717) is 5.69 Å². The van der Waals surface area contributed by atoms with Gasteiger partial charge in [-0.25, -0.2) is 4.68 Å². The van der Waals surface area contributed by atoms with Crippen molar-refractivity contribution >= 4 is 0 Å². The van der Waals surface area contributed by atoms with E-state index < -0.39 is 0 Å². The molecule has 0 amide bonds. The number of rotatable bonds is 3. The van der Waals surface area contributed by atoms with Gasteiger partial charge in [0.25, 0.3) is 0 Å². The molecular weight excluding hydrogens is 170 g/mol. The highest BCUT2D eigenvalue weighted by Crippen LogP contribution is 2.37. The normalized spacial score (nSPS) is 19.8. The van der Waals surface area contributed by atoms with Gasteiger partial charge in [-0.2, -0.15) is 0 Å². The summed E-state index contributed by atoms with van der Waals surface area (Å²) in [6, 6.07) is 0. The molecule has 1 aromatic rings. The van der Waals surface area contributed by atoms with Gasteiger partial charge in [-0.05, 0) is 19.3 Å². The zero-order valence-electron chi connectivity index (χ0n) is 7.35. The third kappa shape index (κ3) is 1.24. The zero-order valence-corrected chi connectivity index (χ0v) is 7.35. The van der Waals surface area contributed by atoms with Gasteiger partial charge in [0.1, 0.15) is 5.69 Å². The van der Waals surface area contributed by atoms with E-state index in [1.54, 1.807) is 10.9 Å². The van der Waals surface area contributed by atoms with Gasteiger partial charge < -0.3 is 10.2 Å². The van der Waals surface area contributed by atoms with Crippen LogP contribution < -0.4 is 0 Å². The van der Waals surface area contributed by atoms with Crippen LogP contribution in [0.15, 0.2) is 6.20 Å². The first-order valence-corrected chi connectivity index (χ1v) is 4.44. The molecule has 72 valence electrons. The number of hydrogen-bond acceptors (Lipinski definition) is 4. The molecule has 0 unspecified atom stereocenters. The fraction of sp³-hybridized carbons (Fsp3) is 0.750. The van der Waals surface area contributed by atoms with Gasteiger partial charge in [0.05, 0.1) is 24.9 Å². The Bertz CT molecular complexity index is 288. The minimum atomic E-state index is -0.236. The molecule has 1 fully saturated rings. The summed E-state index contributed by atoms with van der Waals surface area (Å²) in [7, 11) is 0. The Morgan fingerprint density at radius 1 is 1.46 bits per heavy atom. The second-order valence-corrected chi connectivity index (χ2v) is 3.55. The molecule has 1 heterocycles. The first kappa shape index (κ1) is 8.65. The molecule has 0 spiro atoms. The molecule has 1 aliphatic carbocycles. The van der Waals surface area contributed by atoms with Crippen molar-refractivity contribution in [2.45, 2.75) is 31.4 Å². The summed E-state index contributed by atoms with van der Waals surface area (Å²) in [4.78, 5) is 0. The molecule has 5 nitrogen and oxygen atoms in total. The minimum Gasteiger partial charge on any atom is -0.394 e. The minimum absolute atomic E-state index is 0.0957. The summed E-state index contributed by atoms with van der Waals surface area (Å²) in [6.07, 6.45) is 4.71. The van der Waals surface area contributed by atoms with E-state index in [-0.39, 0.29) is 18.8 Å². The van der Waals surface area contributed by atoms with Crippen molar-refractivity contribution in [3.8, 4) is 0 Å². The van der Waals surface area contributed by atoms with Crippen molar-refractivity contribution in [1.29, 1.82) is 0 Å². The highest BCUT2D eigenvalue weighted by atomic mass is 16.3. The lowest BCUT2D eigenvalue weighted by Gasteiger charge is -2.39. The third-order valence-corrected chi connectivity index (χ3v) is 2.77. The molecule has 0 atom stereocenters. The Balaban J connectivity index is 2.23. The number of aromatic nitrogens is 3. The van der Waals surface area contributed by atoms with E-state index in [4.69, 9.17) is 5.11 Å². The van der Waals surface area contributed by atoms with Crippen molar-refractivity contribution < 1.29 is 10.2 Å². The molecule has 0 radical (unpaired) electrons. The molecule has 0 aliphatic heterocycles. The van der Waals surface area contributed by atoms with Gasteiger partial charge in [-0.15, -0.1) is 5.10 Å². The van der Waals surface area contributed by atoms with E-state index in [0.717, 1.165) is 19.3 Å². The maximum atomic E-state index is 9.22. The predicted octanol–water partition coefficient (Wildman–Crippen LogP) is -0.358. The van der Waals surface area contributed by atoms with Crippen LogP contribution >= 0.6 is 0 Å². The van der Waals surface area contributed by atoms with Crippen LogP contribution in [0.25, 0.3) is 0 Å². The van der Waals surface area contributed by atoms with Crippen LogP contribution in [0, 0.1) is 0 Å². The Labute approximate surface area is 76.0 Å². The molecule has 0 saturated heterocycles. The lowest BCUT2D eigenvalue weighted by atomic mass is 9.77. The Hall–Kier alpha value is -0.940. The third-order valence-electron chi connectivity index (χ3n) is 2.77. The SMILES string of the molecule is OCc1cn(C2(CO)CCC2)nn1. The summed E-state index contributed by atoms with van der Waals surface area (Å²) in [5.41, 5.74) is 0.320. The van der Waals surface area contributed by atoms with Crippen LogP contribution in [-0.2, 0) is 12.1 Å². The van der Waals surface area contributed by atoms with Crippen LogP contribution in [0.3, 0.4) is 0 Å². The highest BCUT2D eigenvalue weighted by Gasteiger charge is 2.39. The Kier molecular flexibility index (Phi) is 2.05. The summed E-state index contributed by atoms with van der Waals surface area (Å²) < 4.78 is 1.68. The molecule has 5 heteroatoms. The van der Waals surface area contributed by atoms with Crippen molar-refractivity contribution in [1.82, 2.24) is 15.0 Å². The van der Waals surface area contributed by atoms with Crippen molar-refractivity contribution in [2.75, 3.05) is 6.61 Å². The van der Waals surface area contributed by atoms with Crippen LogP contribution in [0.1, 0.15) is 25.0 Å². The van der Waals surface area contributed by atoms with E-state index in [1.165, 1.54) is 0 Å². The fourth-order valence-electron chi connectivity index (χ4n) is 1.65. The molecule has 2 rings (SSSR count). The number of nitrogens with zero attached hydrogens (tertiary/aromatic N) is 3. The molecular formula is C8H13N3O2. The lowest BCUT2D eigenvalue weighted by Crippen LogP contribution is -2.44. The summed E-state index contributed by atoms with van der Waals surface area (Å²) in [6.45, 7) is 0.00272. The summed E-state index contributed by atoms with van der Waals surface area (Å²) >= 11 is 0. The molecule has 2 N–H and O–H groups in total. The molecule has 13 heavy (non-hydrogen) atoms. The first-order chi connectivity index (χ1) is 6.30. The number of aliphatic hydroxyl groups excluding tert-OH is 2. The molecule has 0 aromatic carbocycles. The van der Waals surface area contributed by atoms with Crippen molar-refractivity contribution in [2.24, 2.45) is 0 Å². The van der Waals surface area contributed by atoms with Crippen LogP contribution in [0.5, 0.6) is 0 Å². The quantitative estimate of drug-likeness (QED) is 0.671. The summed E-state index contributed by atoms with van der Waals surface area (Å²) in [5, 5.41) is 25.7. The monoisotopic (exact) mass is 183 g/mol. The number of aliphatic hydroxyl groups is 2. The molecule has 1 aromatic heterocycles. The molecule has 1 saturated carbocycles. The topological polar surface area (TPSA) is 71.2 Å². The zero-order chi connectivity index (χ0) is 9.31. The van der Waals surface area contributed by atoms with E-state index in [2.05, 4.69) is 10.3 Å².